The summed E-state index contributed by atoms with van der Waals surface area (Å²) in [6, 6.07) is 5.09. The van der Waals surface area contributed by atoms with Gasteiger partial charge in [-0.05, 0) is 25.0 Å². The third-order valence-electron chi connectivity index (χ3n) is 3.66. The lowest BCUT2D eigenvalue weighted by Crippen LogP contribution is -2.45. The number of hydrogen-bond donors (Lipinski definition) is 1. The maximum Gasteiger partial charge on any atom is 0.513 e. The van der Waals surface area contributed by atoms with Gasteiger partial charge in [-0.1, -0.05) is 18.2 Å². The molecule has 0 bridgehead atoms. The molecule has 1 aromatic heterocycles. The zero-order valence-corrected chi connectivity index (χ0v) is 11.9. The quantitative estimate of drug-likeness (QED) is 0.824. The molecule has 1 aromatic rings. The fraction of sp³-hybridized carbons (Fsp3) is 0.400. The summed E-state index contributed by atoms with van der Waals surface area (Å²) in [4.78, 5) is 6.36. The van der Waals surface area contributed by atoms with Crippen LogP contribution in [0, 0.1) is 0 Å². The van der Waals surface area contributed by atoms with Crippen LogP contribution in [0.15, 0.2) is 42.1 Å². The van der Waals surface area contributed by atoms with E-state index >= 15 is 0 Å². The fourth-order valence-corrected chi connectivity index (χ4v) is 2.58. The first-order chi connectivity index (χ1) is 10.3. The van der Waals surface area contributed by atoms with Crippen LogP contribution in [0.25, 0.3) is 0 Å². The Balaban J connectivity index is 1.61. The Bertz CT molecular complexity index is 537. The van der Waals surface area contributed by atoms with Crippen molar-refractivity contribution in [2.75, 3.05) is 26.3 Å². The van der Waals surface area contributed by atoms with Crippen LogP contribution < -0.4 is 5.59 Å². The normalized spacial score (nSPS) is 19.9. The SMILES string of the molecule is Oc1cccc(B2OCCN(C3=CC=CCC3)CCO2)n1. The molecule has 2 aliphatic rings. The van der Waals surface area contributed by atoms with Crippen molar-refractivity contribution in [3.63, 3.8) is 0 Å². The first-order valence-corrected chi connectivity index (χ1v) is 7.33. The summed E-state index contributed by atoms with van der Waals surface area (Å²) in [5.74, 6) is -0.0115. The van der Waals surface area contributed by atoms with Gasteiger partial charge >= 0.3 is 7.12 Å². The zero-order chi connectivity index (χ0) is 14.5. The van der Waals surface area contributed by atoms with E-state index in [-0.39, 0.29) is 5.88 Å². The Morgan fingerprint density at radius 3 is 2.67 bits per heavy atom. The molecule has 0 amide bonds. The van der Waals surface area contributed by atoms with Crippen molar-refractivity contribution in [1.29, 1.82) is 0 Å². The smallest absolute Gasteiger partial charge is 0.493 e. The van der Waals surface area contributed by atoms with Gasteiger partial charge in [0.05, 0.1) is 5.59 Å². The molecule has 0 atom stereocenters. The van der Waals surface area contributed by atoms with Crippen LogP contribution in [0.1, 0.15) is 12.8 Å². The van der Waals surface area contributed by atoms with Crippen LogP contribution in [-0.2, 0) is 9.31 Å². The summed E-state index contributed by atoms with van der Waals surface area (Å²) >= 11 is 0. The highest BCUT2D eigenvalue weighted by Crippen LogP contribution is 2.17. The molecule has 1 aliphatic carbocycles. The van der Waals surface area contributed by atoms with Crippen LogP contribution in [0.3, 0.4) is 0 Å². The summed E-state index contributed by atoms with van der Waals surface area (Å²) < 4.78 is 11.5. The molecule has 3 rings (SSSR count). The van der Waals surface area contributed by atoms with Crippen molar-refractivity contribution in [2.24, 2.45) is 0 Å². The van der Waals surface area contributed by atoms with E-state index in [2.05, 4.69) is 28.1 Å². The van der Waals surface area contributed by atoms with Crippen LogP contribution >= 0.6 is 0 Å². The van der Waals surface area contributed by atoms with E-state index in [9.17, 15) is 5.11 Å². The second-order valence-corrected chi connectivity index (χ2v) is 5.11. The molecule has 0 unspecified atom stereocenters. The molecule has 0 radical (unpaired) electrons. The van der Waals surface area contributed by atoms with Gasteiger partial charge in [0.15, 0.2) is 0 Å². The summed E-state index contributed by atoms with van der Waals surface area (Å²) in [5, 5.41) is 9.44. The predicted octanol–water partition coefficient (Wildman–Crippen LogP) is 1.07. The summed E-state index contributed by atoms with van der Waals surface area (Å²) in [6.45, 7) is 2.84. The number of allylic oxidation sites excluding steroid dienone is 4. The predicted molar refractivity (Wildman–Crippen MR) is 81.2 cm³/mol. The van der Waals surface area contributed by atoms with Crippen LogP contribution in [-0.4, -0.2) is 48.4 Å². The minimum Gasteiger partial charge on any atom is -0.493 e. The standard InChI is InChI=1S/C15H19BN2O3/c19-15-8-4-7-14(17-15)16-20-11-9-18(10-12-21-16)13-5-2-1-3-6-13/h1-2,4-5,7-8H,3,6,9-12H2,(H,17,19). The third kappa shape index (κ3) is 3.65. The molecule has 5 nitrogen and oxygen atoms in total. The first kappa shape index (κ1) is 14.2. The van der Waals surface area contributed by atoms with E-state index in [0.29, 0.717) is 18.8 Å². The number of aromatic nitrogens is 1. The van der Waals surface area contributed by atoms with Crippen molar-refractivity contribution in [1.82, 2.24) is 9.88 Å². The van der Waals surface area contributed by atoms with Gasteiger partial charge in [0.2, 0.25) is 5.88 Å². The second kappa shape index (κ2) is 6.78. The lowest BCUT2D eigenvalue weighted by Gasteiger charge is -2.31. The highest BCUT2D eigenvalue weighted by atomic mass is 16.6. The van der Waals surface area contributed by atoms with Gasteiger partial charge in [0.25, 0.3) is 0 Å². The summed E-state index contributed by atoms with van der Waals surface area (Å²) in [7, 11) is -0.500. The lowest BCUT2D eigenvalue weighted by atomic mass is 9.83. The van der Waals surface area contributed by atoms with Crippen molar-refractivity contribution >= 4 is 12.7 Å². The van der Waals surface area contributed by atoms with E-state index in [0.717, 1.165) is 25.9 Å². The average Bonchev–Trinajstić information content (AvgIpc) is 2.48. The number of nitrogens with zero attached hydrogens (tertiary/aromatic N) is 2. The molecule has 2 heterocycles. The summed E-state index contributed by atoms with van der Waals surface area (Å²) in [5.41, 5.74) is 1.96. The van der Waals surface area contributed by atoms with Gasteiger partial charge in [0.1, 0.15) is 0 Å². The summed E-state index contributed by atoms with van der Waals surface area (Å²) in [6.07, 6.45) is 8.64. The van der Waals surface area contributed by atoms with E-state index in [1.807, 2.05) is 0 Å². The number of hydrogen-bond acceptors (Lipinski definition) is 5. The van der Waals surface area contributed by atoms with Crippen molar-refractivity contribution in [3.8, 4) is 5.88 Å². The Morgan fingerprint density at radius 1 is 1.19 bits per heavy atom. The van der Waals surface area contributed by atoms with E-state index in [1.165, 1.54) is 11.8 Å². The Hall–Kier alpha value is -1.79. The number of pyridine rings is 1. The molecule has 21 heavy (non-hydrogen) atoms. The van der Waals surface area contributed by atoms with Crippen LogP contribution in [0.5, 0.6) is 5.88 Å². The zero-order valence-electron chi connectivity index (χ0n) is 11.9. The number of aromatic hydroxyl groups is 1. The molecule has 1 aliphatic heterocycles. The fourth-order valence-electron chi connectivity index (χ4n) is 2.58. The van der Waals surface area contributed by atoms with Gasteiger partial charge in [-0.25, -0.2) is 4.98 Å². The molecular weight excluding hydrogens is 267 g/mol. The van der Waals surface area contributed by atoms with Crippen molar-refractivity contribution in [3.05, 3.63) is 42.1 Å². The molecule has 6 heteroatoms. The van der Waals surface area contributed by atoms with Crippen molar-refractivity contribution in [2.45, 2.75) is 12.8 Å². The Kier molecular flexibility index (Phi) is 4.57. The average molecular weight is 286 g/mol. The molecule has 1 fully saturated rings. The van der Waals surface area contributed by atoms with Crippen LogP contribution in [0.4, 0.5) is 0 Å². The van der Waals surface area contributed by atoms with Gasteiger partial charge in [0, 0.05) is 38.1 Å². The van der Waals surface area contributed by atoms with Gasteiger partial charge in [-0.15, -0.1) is 0 Å². The monoisotopic (exact) mass is 286 g/mol. The first-order valence-electron chi connectivity index (χ1n) is 7.33. The maximum atomic E-state index is 9.44. The highest BCUT2D eigenvalue weighted by molar-refractivity contribution is 6.60. The highest BCUT2D eigenvalue weighted by Gasteiger charge is 2.26. The lowest BCUT2D eigenvalue weighted by molar-refractivity contribution is 0.132. The molecule has 0 spiro atoms. The molecule has 1 N–H and O–H groups in total. The molecule has 110 valence electrons. The largest absolute Gasteiger partial charge is 0.513 e. The van der Waals surface area contributed by atoms with E-state index in [4.69, 9.17) is 9.31 Å². The molecule has 0 saturated carbocycles. The molecular formula is C15H19BN2O3. The third-order valence-corrected chi connectivity index (χ3v) is 3.66. The topological polar surface area (TPSA) is 54.8 Å². The maximum absolute atomic E-state index is 9.44. The van der Waals surface area contributed by atoms with Gasteiger partial charge in [-0.3, -0.25) is 0 Å². The minimum atomic E-state index is -0.500. The van der Waals surface area contributed by atoms with E-state index < -0.39 is 7.12 Å². The Morgan fingerprint density at radius 2 is 2.00 bits per heavy atom. The van der Waals surface area contributed by atoms with Gasteiger partial charge < -0.3 is 19.3 Å². The Labute approximate surface area is 125 Å². The minimum absolute atomic E-state index is 0.0115. The second-order valence-electron chi connectivity index (χ2n) is 5.11. The van der Waals surface area contributed by atoms with E-state index in [1.54, 1.807) is 12.1 Å². The van der Waals surface area contributed by atoms with Gasteiger partial charge in [-0.2, -0.15) is 0 Å². The molecule has 0 aromatic carbocycles. The number of rotatable bonds is 2. The molecule has 1 saturated heterocycles. The van der Waals surface area contributed by atoms with Crippen LogP contribution in [0.2, 0.25) is 0 Å². The van der Waals surface area contributed by atoms with Crippen molar-refractivity contribution < 1.29 is 14.4 Å².